The molecule has 1 unspecified atom stereocenters. The highest BCUT2D eigenvalue weighted by atomic mass is 16.5. The van der Waals surface area contributed by atoms with E-state index in [1.165, 1.54) is 0 Å². The molecular weight excluding hydrogens is 324 g/mol. The smallest absolute Gasteiger partial charge is 0.325 e. The zero-order valence-electron chi connectivity index (χ0n) is 13.8. The van der Waals surface area contributed by atoms with Crippen LogP contribution in [0, 0.1) is 11.3 Å². The van der Waals surface area contributed by atoms with Gasteiger partial charge in [0.2, 0.25) is 5.91 Å². The maximum atomic E-state index is 12.8. The first-order chi connectivity index (χ1) is 12.0. The van der Waals surface area contributed by atoms with Crippen molar-refractivity contribution in [2.45, 2.75) is 12.5 Å². The van der Waals surface area contributed by atoms with Crippen molar-refractivity contribution in [2.75, 3.05) is 32.8 Å². The molecule has 2 heterocycles. The highest BCUT2D eigenvalue weighted by Gasteiger charge is 2.49. The van der Waals surface area contributed by atoms with E-state index in [1.807, 2.05) is 6.07 Å². The van der Waals surface area contributed by atoms with Crippen molar-refractivity contribution in [3.63, 3.8) is 0 Å². The van der Waals surface area contributed by atoms with Crippen LogP contribution in [0.2, 0.25) is 0 Å². The molecule has 130 valence electrons. The number of carbonyl (C=O) groups excluding carboxylic acids is 3. The van der Waals surface area contributed by atoms with E-state index in [1.54, 1.807) is 36.1 Å². The van der Waals surface area contributed by atoms with Gasteiger partial charge in [-0.05, 0) is 24.6 Å². The minimum atomic E-state index is -1.30. The summed E-state index contributed by atoms with van der Waals surface area (Å²) in [4.78, 5) is 40.0. The van der Waals surface area contributed by atoms with Gasteiger partial charge in [-0.25, -0.2) is 4.79 Å². The topological polar surface area (TPSA) is 103 Å². The molecule has 2 aliphatic rings. The summed E-state index contributed by atoms with van der Waals surface area (Å²) in [6.07, 6.45) is 0. The third-order valence-corrected chi connectivity index (χ3v) is 4.50. The summed E-state index contributed by atoms with van der Waals surface area (Å²) in [7, 11) is 0. The SMILES string of the molecule is CC1(c2cccc(C#N)c2)NC(=O)N(CC(=O)N2CCOCC2)C1=O. The first kappa shape index (κ1) is 16.9. The van der Waals surface area contributed by atoms with Gasteiger partial charge in [0.15, 0.2) is 0 Å². The standard InChI is InChI=1S/C17H18N4O4/c1-17(13-4-2-3-12(9-13)10-18)15(23)21(16(24)19-17)11-14(22)20-5-7-25-8-6-20/h2-4,9H,5-8,11H2,1H3,(H,19,24). The molecule has 0 aliphatic carbocycles. The lowest BCUT2D eigenvalue weighted by atomic mass is 9.91. The molecule has 0 saturated carbocycles. The van der Waals surface area contributed by atoms with Crippen molar-refractivity contribution in [3.05, 3.63) is 35.4 Å². The highest BCUT2D eigenvalue weighted by Crippen LogP contribution is 2.29. The fourth-order valence-electron chi connectivity index (χ4n) is 2.98. The molecule has 0 aromatic heterocycles. The number of nitrogens with one attached hydrogen (secondary N) is 1. The Kier molecular flexibility index (Phi) is 4.42. The number of rotatable bonds is 3. The summed E-state index contributed by atoms with van der Waals surface area (Å²) < 4.78 is 5.19. The van der Waals surface area contributed by atoms with Crippen molar-refractivity contribution in [3.8, 4) is 6.07 Å². The zero-order chi connectivity index (χ0) is 18.0. The van der Waals surface area contributed by atoms with Gasteiger partial charge < -0.3 is 15.0 Å². The summed E-state index contributed by atoms with van der Waals surface area (Å²) in [5, 5.41) is 11.7. The fraction of sp³-hybridized carbons (Fsp3) is 0.412. The Morgan fingerprint density at radius 3 is 2.76 bits per heavy atom. The first-order valence-corrected chi connectivity index (χ1v) is 7.96. The van der Waals surface area contributed by atoms with Crippen LogP contribution in [0.15, 0.2) is 24.3 Å². The molecule has 25 heavy (non-hydrogen) atoms. The Hall–Kier alpha value is -2.92. The lowest BCUT2D eigenvalue weighted by Crippen LogP contribution is -2.47. The maximum Gasteiger partial charge on any atom is 0.325 e. The molecule has 1 N–H and O–H groups in total. The second kappa shape index (κ2) is 6.53. The van der Waals surface area contributed by atoms with Gasteiger partial charge in [-0.2, -0.15) is 5.26 Å². The summed E-state index contributed by atoms with van der Waals surface area (Å²) in [5.41, 5.74) is -0.398. The summed E-state index contributed by atoms with van der Waals surface area (Å²) in [6.45, 7) is 3.06. The Labute approximate surface area is 144 Å². The summed E-state index contributed by atoms with van der Waals surface area (Å²) in [5.74, 6) is -0.795. The normalized spacial score (nSPS) is 23.4. The molecule has 0 radical (unpaired) electrons. The number of ether oxygens (including phenoxy) is 1. The first-order valence-electron chi connectivity index (χ1n) is 7.96. The van der Waals surface area contributed by atoms with Gasteiger partial charge in [-0.15, -0.1) is 0 Å². The number of amides is 4. The van der Waals surface area contributed by atoms with Crippen LogP contribution in [-0.2, 0) is 19.9 Å². The quantitative estimate of drug-likeness (QED) is 0.790. The summed E-state index contributed by atoms with van der Waals surface area (Å²) >= 11 is 0. The van der Waals surface area contributed by atoms with E-state index in [2.05, 4.69) is 5.32 Å². The van der Waals surface area contributed by atoms with E-state index in [9.17, 15) is 14.4 Å². The Bertz CT molecular complexity index is 766. The predicted octanol–water partition coefficient (Wildman–Crippen LogP) is 0.184. The molecule has 8 heteroatoms. The van der Waals surface area contributed by atoms with E-state index in [4.69, 9.17) is 10.00 Å². The number of hydrogen-bond acceptors (Lipinski definition) is 5. The molecule has 0 spiro atoms. The van der Waals surface area contributed by atoms with Crippen molar-refractivity contribution in [1.29, 1.82) is 5.26 Å². The van der Waals surface area contributed by atoms with Crippen LogP contribution in [-0.4, -0.2) is 60.5 Å². The van der Waals surface area contributed by atoms with Crippen LogP contribution in [0.5, 0.6) is 0 Å². The van der Waals surface area contributed by atoms with E-state index in [0.29, 0.717) is 37.4 Å². The van der Waals surface area contributed by atoms with Gasteiger partial charge in [0.25, 0.3) is 5.91 Å². The Balaban J connectivity index is 1.79. The van der Waals surface area contributed by atoms with Crippen LogP contribution in [0.4, 0.5) is 4.79 Å². The second-order valence-electron chi connectivity index (χ2n) is 6.13. The van der Waals surface area contributed by atoms with Crippen LogP contribution in [0.3, 0.4) is 0 Å². The molecule has 0 bridgehead atoms. The van der Waals surface area contributed by atoms with Gasteiger partial charge in [0.1, 0.15) is 12.1 Å². The average Bonchev–Trinajstić information content (AvgIpc) is 2.86. The molecule has 1 atom stereocenters. The Morgan fingerprint density at radius 2 is 2.08 bits per heavy atom. The van der Waals surface area contributed by atoms with E-state index in [0.717, 1.165) is 4.90 Å². The molecule has 8 nitrogen and oxygen atoms in total. The van der Waals surface area contributed by atoms with Crippen LogP contribution < -0.4 is 5.32 Å². The van der Waals surface area contributed by atoms with Crippen LogP contribution in [0.1, 0.15) is 18.1 Å². The third kappa shape index (κ3) is 3.06. The van der Waals surface area contributed by atoms with Crippen molar-refractivity contribution >= 4 is 17.8 Å². The number of benzene rings is 1. The Morgan fingerprint density at radius 1 is 1.36 bits per heavy atom. The zero-order valence-corrected chi connectivity index (χ0v) is 13.8. The fourth-order valence-corrected chi connectivity index (χ4v) is 2.98. The van der Waals surface area contributed by atoms with Crippen LogP contribution >= 0.6 is 0 Å². The van der Waals surface area contributed by atoms with E-state index < -0.39 is 17.5 Å². The van der Waals surface area contributed by atoms with Gasteiger partial charge >= 0.3 is 6.03 Å². The number of imide groups is 1. The number of nitrogens with zero attached hydrogens (tertiary/aromatic N) is 3. The number of nitriles is 1. The average molecular weight is 342 g/mol. The van der Waals surface area contributed by atoms with E-state index in [-0.39, 0.29) is 12.5 Å². The lowest BCUT2D eigenvalue weighted by Gasteiger charge is -2.28. The largest absolute Gasteiger partial charge is 0.378 e. The van der Waals surface area contributed by atoms with Crippen molar-refractivity contribution in [2.24, 2.45) is 0 Å². The number of morpholine rings is 1. The number of urea groups is 1. The number of carbonyl (C=O) groups is 3. The van der Waals surface area contributed by atoms with Gasteiger partial charge in [0, 0.05) is 13.1 Å². The monoisotopic (exact) mass is 342 g/mol. The molecule has 4 amide bonds. The molecule has 1 aromatic carbocycles. The van der Waals surface area contributed by atoms with Gasteiger partial charge in [-0.1, -0.05) is 12.1 Å². The van der Waals surface area contributed by atoms with E-state index >= 15 is 0 Å². The molecule has 2 saturated heterocycles. The number of hydrogen-bond donors (Lipinski definition) is 1. The second-order valence-corrected chi connectivity index (χ2v) is 6.13. The molecule has 1 aromatic rings. The lowest BCUT2D eigenvalue weighted by molar-refractivity contribution is -0.141. The minimum Gasteiger partial charge on any atom is -0.378 e. The van der Waals surface area contributed by atoms with Gasteiger partial charge in [0.05, 0.1) is 24.8 Å². The minimum absolute atomic E-state index is 0.290. The maximum absolute atomic E-state index is 12.8. The van der Waals surface area contributed by atoms with Crippen LogP contribution in [0.25, 0.3) is 0 Å². The predicted molar refractivity (Wildman–Crippen MR) is 86.2 cm³/mol. The summed E-state index contributed by atoms with van der Waals surface area (Å²) in [6, 6.07) is 7.90. The highest BCUT2D eigenvalue weighted by molar-refractivity contribution is 6.09. The third-order valence-electron chi connectivity index (χ3n) is 4.50. The van der Waals surface area contributed by atoms with Crippen molar-refractivity contribution < 1.29 is 19.1 Å². The molecule has 2 aliphatic heterocycles. The molecule has 3 rings (SSSR count). The van der Waals surface area contributed by atoms with Crippen molar-refractivity contribution in [1.82, 2.24) is 15.1 Å². The molecule has 2 fully saturated rings. The molecular formula is C17H18N4O4. The van der Waals surface area contributed by atoms with Gasteiger partial charge in [-0.3, -0.25) is 14.5 Å².